The SMILES string of the molecule is COCc1c(Br)cccc1NC(C)CCCC(F)(F)F. The monoisotopic (exact) mass is 353 g/mol. The zero-order valence-electron chi connectivity index (χ0n) is 11.6. The summed E-state index contributed by atoms with van der Waals surface area (Å²) < 4.78 is 42.4. The lowest BCUT2D eigenvalue weighted by molar-refractivity contribution is -0.135. The third-order valence-electron chi connectivity index (χ3n) is 2.91. The van der Waals surface area contributed by atoms with Crippen molar-refractivity contribution < 1.29 is 17.9 Å². The number of hydrogen-bond acceptors (Lipinski definition) is 2. The molecule has 0 radical (unpaired) electrons. The van der Waals surface area contributed by atoms with Gasteiger partial charge in [0.25, 0.3) is 0 Å². The molecule has 1 atom stereocenters. The van der Waals surface area contributed by atoms with Crippen LogP contribution in [0.4, 0.5) is 18.9 Å². The summed E-state index contributed by atoms with van der Waals surface area (Å²) in [6, 6.07) is 5.67. The molecule has 0 aromatic heterocycles. The molecule has 20 heavy (non-hydrogen) atoms. The van der Waals surface area contributed by atoms with E-state index in [4.69, 9.17) is 4.74 Å². The van der Waals surface area contributed by atoms with Crippen molar-refractivity contribution in [3.63, 3.8) is 0 Å². The van der Waals surface area contributed by atoms with Gasteiger partial charge in [0, 0.05) is 35.3 Å². The first-order chi connectivity index (χ1) is 9.33. The van der Waals surface area contributed by atoms with Crippen LogP contribution in [0.15, 0.2) is 22.7 Å². The van der Waals surface area contributed by atoms with Crippen LogP contribution >= 0.6 is 15.9 Å². The van der Waals surface area contributed by atoms with Gasteiger partial charge in [-0.2, -0.15) is 13.2 Å². The molecule has 0 fully saturated rings. The molecule has 0 aliphatic rings. The van der Waals surface area contributed by atoms with Crippen LogP contribution in [0.1, 0.15) is 31.7 Å². The Kier molecular flexibility index (Phi) is 6.82. The lowest BCUT2D eigenvalue weighted by Gasteiger charge is -2.19. The average molecular weight is 354 g/mol. The number of halogens is 4. The number of nitrogens with one attached hydrogen (secondary N) is 1. The number of benzene rings is 1. The number of rotatable bonds is 7. The molecule has 114 valence electrons. The van der Waals surface area contributed by atoms with Gasteiger partial charge < -0.3 is 10.1 Å². The maximum atomic E-state index is 12.1. The second-order valence-electron chi connectivity index (χ2n) is 4.75. The van der Waals surface area contributed by atoms with Gasteiger partial charge in [-0.3, -0.25) is 0 Å². The van der Waals surface area contributed by atoms with Gasteiger partial charge in [0.05, 0.1) is 6.61 Å². The summed E-state index contributed by atoms with van der Waals surface area (Å²) in [5.74, 6) is 0. The number of ether oxygens (including phenoxy) is 1. The van der Waals surface area contributed by atoms with Gasteiger partial charge in [0.2, 0.25) is 0 Å². The minimum absolute atomic E-state index is 0.0257. The smallest absolute Gasteiger partial charge is 0.382 e. The Hall–Kier alpha value is -0.750. The van der Waals surface area contributed by atoms with E-state index in [1.807, 2.05) is 25.1 Å². The third-order valence-corrected chi connectivity index (χ3v) is 3.65. The van der Waals surface area contributed by atoms with Crippen molar-refractivity contribution in [2.75, 3.05) is 12.4 Å². The van der Waals surface area contributed by atoms with Gasteiger partial charge in [-0.25, -0.2) is 0 Å². The molecule has 0 aliphatic carbocycles. The lowest BCUT2D eigenvalue weighted by Crippen LogP contribution is -2.18. The minimum atomic E-state index is -4.07. The number of methoxy groups -OCH3 is 1. The number of hydrogen-bond donors (Lipinski definition) is 1. The number of anilines is 1. The summed E-state index contributed by atoms with van der Waals surface area (Å²) in [7, 11) is 1.61. The van der Waals surface area contributed by atoms with Crippen molar-refractivity contribution >= 4 is 21.6 Å². The van der Waals surface area contributed by atoms with Crippen molar-refractivity contribution in [3.8, 4) is 0 Å². The zero-order chi connectivity index (χ0) is 15.2. The lowest BCUT2D eigenvalue weighted by atomic mass is 10.1. The van der Waals surface area contributed by atoms with Gasteiger partial charge in [0.1, 0.15) is 0 Å². The topological polar surface area (TPSA) is 21.3 Å². The molecule has 1 N–H and O–H groups in total. The molecule has 1 aromatic rings. The Balaban J connectivity index is 2.57. The average Bonchev–Trinajstić information content (AvgIpc) is 2.32. The highest BCUT2D eigenvalue weighted by Crippen LogP contribution is 2.27. The molecule has 1 rings (SSSR count). The van der Waals surface area contributed by atoms with Gasteiger partial charge in [0.15, 0.2) is 0 Å². The standard InChI is InChI=1S/C14H19BrF3NO/c1-10(5-4-8-14(16,17)18)19-13-7-3-6-12(15)11(13)9-20-2/h3,6-7,10,19H,4-5,8-9H2,1-2H3. The van der Waals surface area contributed by atoms with Crippen molar-refractivity contribution in [2.24, 2.45) is 0 Å². The molecule has 0 heterocycles. The van der Waals surface area contributed by atoms with Gasteiger partial charge in [-0.05, 0) is 31.9 Å². The van der Waals surface area contributed by atoms with Crippen LogP contribution in [0.2, 0.25) is 0 Å². The molecule has 2 nitrogen and oxygen atoms in total. The minimum Gasteiger partial charge on any atom is -0.382 e. The predicted octanol–water partition coefficient (Wildman–Crippen LogP) is 5.13. The molecule has 1 aromatic carbocycles. The van der Waals surface area contributed by atoms with E-state index in [0.29, 0.717) is 13.0 Å². The second-order valence-corrected chi connectivity index (χ2v) is 5.61. The van der Waals surface area contributed by atoms with E-state index in [0.717, 1.165) is 15.7 Å². The normalized spacial score (nSPS) is 13.3. The maximum Gasteiger partial charge on any atom is 0.389 e. The Bertz CT molecular complexity index is 423. The summed E-state index contributed by atoms with van der Waals surface area (Å²) in [5.41, 5.74) is 1.86. The van der Waals surface area contributed by atoms with Crippen molar-refractivity contribution in [2.45, 2.75) is 45.0 Å². The fourth-order valence-electron chi connectivity index (χ4n) is 1.93. The zero-order valence-corrected chi connectivity index (χ0v) is 13.1. The largest absolute Gasteiger partial charge is 0.389 e. The molecular weight excluding hydrogens is 335 g/mol. The first-order valence-electron chi connectivity index (χ1n) is 6.43. The molecule has 6 heteroatoms. The summed E-state index contributed by atoms with van der Waals surface area (Å²) in [5, 5.41) is 3.25. The highest BCUT2D eigenvalue weighted by atomic mass is 79.9. The molecule has 0 aliphatic heterocycles. The first-order valence-corrected chi connectivity index (χ1v) is 7.22. The van der Waals surface area contributed by atoms with E-state index in [9.17, 15) is 13.2 Å². The second kappa shape index (κ2) is 7.88. The van der Waals surface area contributed by atoms with Gasteiger partial charge >= 0.3 is 6.18 Å². The highest BCUT2D eigenvalue weighted by molar-refractivity contribution is 9.10. The van der Waals surface area contributed by atoms with E-state index < -0.39 is 12.6 Å². The Labute approximate surface area is 125 Å². The Morgan fingerprint density at radius 3 is 2.65 bits per heavy atom. The molecule has 1 unspecified atom stereocenters. The van der Waals surface area contributed by atoms with Crippen LogP contribution in [0.3, 0.4) is 0 Å². The molecule has 0 saturated heterocycles. The van der Waals surface area contributed by atoms with Crippen LogP contribution < -0.4 is 5.32 Å². The van der Waals surface area contributed by atoms with Crippen molar-refractivity contribution in [1.29, 1.82) is 0 Å². The van der Waals surface area contributed by atoms with Gasteiger partial charge in [-0.15, -0.1) is 0 Å². The molecule has 0 saturated carbocycles. The number of alkyl halides is 3. The quantitative estimate of drug-likeness (QED) is 0.733. The fourth-order valence-corrected chi connectivity index (χ4v) is 2.41. The molecule has 0 amide bonds. The molecular formula is C14H19BrF3NO. The highest BCUT2D eigenvalue weighted by Gasteiger charge is 2.26. The van der Waals surface area contributed by atoms with Gasteiger partial charge in [-0.1, -0.05) is 22.0 Å². The van der Waals surface area contributed by atoms with E-state index in [2.05, 4.69) is 21.2 Å². The van der Waals surface area contributed by atoms with Crippen LogP contribution in [0.25, 0.3) is 0 Å². The van der Waals surface area contributed by atoms with E-state index in [1.54, 1.807) is 7.11 Å². The fraction of sp³-hybridized carbons (Fsp3) is 0.571. The van der Waals surface area contributed by atoms with Crippen LogP contribution in [0, 0.1) is 0 Å². The first kappa shape index (κ1) is 17.3. The van der Waals surface area contributed by atoms with Crippen molar-refractivity contribution in [1.82, 2.24) is 0 Å². The molecule has 0 bridgehead atoms. The third kappa shape index (κ3) is 6.13. The summed E-state index contributed by atoms with van der Waals surface area (Å²) in [4.78, 5) is 0. The van der Waals surface area contributed by atoms with Crippen molar-refractivity contribution in [3.05, 3.63) is 28.2 Å². The predicted molar refractivity (Wildman–Crippen MR) is 77.8 cm³/mol. The summed E-state index contributed by atoms with van der Waals surface area (Å²) >= 11 is 3.45. The maximum absolute atomic E-state index is 12.1. The Morgan fingerprint density at radius 2 is 2.05 bits per heavy atom. The van der Waals surface area contributed by atoms with Crippen LogP contribution in [0.5, 0.6) is 0 Å². The van der Waals surface area contributed by atoms with Crippen LogP contribution in [-0.2, 0) is 11.3 Å². The molecule has 0 spiro atoms. The van der Waals surface area contributed by atoms with E-state index in [-0.39, 0.29) is 12.5 Å². The summed E-state index contributed by atoms with van der Waals surface area (Å²) in [6.07, 6.45) is -4.21. The summed E-state index contributed by atoms with van der Waals surface area (Å²) in [6.45, 7) is 2.33. The van der Waals surface area contributed by atoms with E-state index >= 15 is 0 Å². The van der Waals surface area contributed by atoms with E-state index in [1.165, 1.54) is 0 Å². The van der Waals surface area contributed by atoms with Crippen LogP contribution in [-0.4, -0.2) is 19.3 Å². The Morgan fingerprint density at radius 1 is 1.35 bits per heavy atom.